The first kappa shape index (κ1) is 18.1. The van der Waals surface area contributed by atoms with Crippen LogP contribution in [0.15, 0.2) is 72.9 Å². The Hall–Kier alpha value is -4.33. The SMILES string of the molecule is O=[N+]([O-])c1ccc(-c2cc(-c3ccc([N+](=O)[O-])cc3)c3cccnc3c2O)cc1. The van der Waals surface area contributed by atoms with Gasteiger partial charge in [-0.3, -0.25) is 25.2 Å². The minimum absolute atomic E-state index is 0.0226. The normalized spacial score (nSPS) is 10.8. The highest BCUT2D eigenvalue weighted by Gasteiger charge is 2.16. The summed E-state index contributed by atoms with van der Waals surface area (Å²) in [5.74, 6) is -0.0416. The number of aromatic nitrogens is 1. The van der Waals surface area contributed by atoms with Gasteiger partial charge in [0.15, 0.2) is 0 Å². The van der Waals surface area contributed by atoms with Gasteiger partial charge in [-0.15, -0.1) is 0 Å². The molecule has 1 aromatic heterocycles. The van der Waals surface area contributed by atoms with E-state index in [1.807, 2.05) is 0 Å². The molecule has 1 N–H and O–H groups in total. The molecule has 0 aliphatic carbocycles. The number of phenolic OH excluding ortho intramolecular Hbond substituents is 1. The van der Waals surface area contributed by atoms with Gasteiger partial charge in [-0.25, -0.2) is 0 Å². The van der Waals surface area contributed by atoms with Crippen molar-refractivity contribution in [3.8, 4) is 28.0 Å². The van der Waals surface area contributed by atoms with Crippen molar-refractivity contribution in [2.75, 3.05) is 0 Å². The van der Waals surface area contributed by atoms with Gasteiger partial charge in [-0.2, -0.15) is 0 Å². The summed E-state index contributed by atoms with van der Waals surface area (Å²) >= 11 is 0. The number of hydrogen-bond acceptors (Lipinski definition) is 6. The highest BCUT2D eigenvalue weighted by molar-refractivity contribution is 6.02. The van der Waals surface area contributed by atoms with Crippen molar-refractivity contribution in [2.24, 2.45) is 0 Å². The van der Waals surface area contributed by atoms with Crippen molar-refractivity contribution in [1.82, 2.24) is 4.98 Å². The molecule has 0 bridgehead atoms. The summed E-state index contributed by atoms with van der Waals surface area (Å²) in [6.45, 7) is 0. The molecule has 4 rings (SSSR count). The molecule has 0 aliphatic rings. The van der Waals surface area contributed by atoms with E-state index < -0.39 is 9.85 Å². The van der Waals surface area contributed by atoms with Gasteiger partial charge in [0.25, 0.3) is 11.4 Å². The summed E-state index contributed by atoms with van der Waals surface area (Å²) < 4.78 is 0. The van der Waals surface area contributed by atoms with Gasteiger partial charge in [-0.1, -0.05) is 6.07 Å². The lowest BCUT2D eigenvalue weighted by atomic mass is 9.94. The molecule has 0 aliphatic heterocycles. The minimum atomic E-state index is -0.492. The molecule has 4 aromatic rings. The molecule has 0 spiro atoms. The third-order valence-electron chi connectivity index (χ3n) is 4.64. The molecule has 0 saturated carbocycles. The third-order valence-corrected chi connectivity index (χ3v) is 4.64. The van der Waals surface area contributed by atoms with Crippen LogP contribution in [0, 0.1) is 20.2 Å². The summed E-state index contributed by atoms with van der Waals surface area (Å²) in [6, 6.07) is 17.2. The predicted molar refractivity (Wildman–Crippen MR) is 108 cm³/mol. The first-order chi connectivity index (χ1) is 14.0. The predicted octanol–water partition coefficient (Wildman–Crippen LogP) is 5.09. The summed E-state index contributed by atoms with van der Waals surface area (Å²) in [4.78, 5) is 25.2. The molecule has 0 radical (unpaired) electrons. The number of fused-ring (bicyclic) bond motifs is 1. The Bertz CT molecular complexity index is 1250. The van der Waals surface area contributed by atoms with Crippen LogP contribution in [0.1, 0.15) is 0 Å². The number of rotatable bonds is 4. The van der Waals surface area contributed by atoms with Crippen LogP contribution < -0.4 is 0 Å². The molecular weight excluding hydrogens is 374 g/mol. The Morgan fingerprint density at radius 2 is 1.28 bits per heavy atom. The van der Waals surface area contributed by atoms with E-state index in [9.17, 15) is 25.3 Å². The van der Waals surface area contributed by atoms with Crippen molar-refractivity contribution in [3.63, 3.8) is 0 Å². The average molecular weight is 387 g/mol. The number of pyridine rings is 1. The second-order valence-electron chi connectivity index (χ2n) is 6.33. The molecule has 3 aromatic carbocycles. The lowest BCUT2D eigenvalue weighted by molar-refractivity contribution is -0.385. The largest absolute Gasteiger partial charge is 0.505 e. The van der Waals surface area contributed by atoms with Gasteiger partial charge in [0, 0.05) is 41.4 Å². The van der Waals surface area contributed by atoms with Gasteiger partial charge < -0.3 is 5.11 Å². The molecule has 8 nitrogen and oxygen atoms in total. The third kappa shape index (κ3) is 3.23. The molecule has 0 saturated heterocycles. The van der Waals surface area contributed by atoms with Crippen LogP contribution in [0.25, 0.3) is 33.2 Å². The fourth-order valence-corrected chi connectivity index (χ4v) is 3.21. The van der Waals surface area contributed by atoms with Crippen molar-refractivity contribution >= 4 is 22.3 Å². The van der Waals surface area contributed by atoms with E-state index in [4.69, 9.17) is 0 Å². The number of nitrogens with zero attached hydrogens (tertiary/aromatic N) is 3. The van der Waals surface area contributed by atoms with E-state index in [2.05, 4.69) is 4.98 Å². The monoisotopic (exact) mass is 387 g/mol. The van der Waals surface area contributed by atoms with Crippen LogP contribution in [-0.4, -0.2) is 19.9 Å². The fraction of sp³-hybridized carbons (Fsp3) is 0. The first-order valence-corrected chi connectivity index (χ1v) is 8.56. The van der Waals surface area contributed by atoms with Crippen molar-refractivity contribution in [1.29, 1.82) is 0 Å². The Labute approximate surface area is 164 Å². The van der Waals surface area contributed by atoms with Crippen molar-refractivity contribution in [3.05, 3.63) is 93.2 Å². The Morgan fingerprint density at radius 3 is 1.79 bits per heavy atom. The number of aromatic hydroxyl groups is 1. The van der Waals surface area contributed by atoms with Crippen molar-refractivity contribution in [2.45, 2.75) is 0 Å². The van der Waals surface area contributed by atoms with E-state index in [0.29, 0.717) is 22.0 Å². The zero-order valence-electron chi connectivity index (χ0n) is 14.9. The summed E-state index contributed by atoms with van der Waals surface area (Å²) in [6.07, 6.45) is 1.56. The minimum Gasteiger partial charge on any atom is -0.505 e. The van der Waals surface area contributed by atoms with Gasteiger partial charge in [0.1, 0.15) is 11.3 Å². The van der Waals surface area contributed by atoms with Gasteiger partial charge in [-0.05, 0) is 53.1 Å². The second-order valence-corrected chi connectivity index (χ2v) is 6.33. The summed E-state index contributed by atoms with van der Waals surface area (Å²) in [7, 11) is 0. The molecule has 8 heteroatoms. The van der Waals surface area contributed by atoms with E-state index in [0.717, 1.165) is 11.1 Å². The number of phenols is 1. The first-order valence-electron chi connectivity index (χ1n) is 8.56. The standard InChI is InChI=1S/C21H13N3O5/c25-21-19(14-5-9-16(10-6-14)24(28)29)12-18(17-2-1-11-22-20(17)21)13-3-7-15(8-4-13)23(26)27/h1-12,25H. The molecule has 142 valence electrons. The van der Waals surface area contributed by atoms with Crippen LogP contribution >= 0.6 is 0 Å². The summed E-state index contributed by atoms with van der Waals surface area (Å²) in [5, 5.41) is 33.3. The van der Waals surface area contributed by atoms with E-state index in [1.54, 1.807) is 48.7 Å². The number of benzene rings is 3. The number of hydrogen-bond donors (Lipinski definition) is 1. The lowest BCUT2D eigenvalue weighted by Gasteiger charge is -2.13. The van der Waals surface area contributed by atoms with Crippen LogP contribution in [-0.2, 0) is 0 Å². The maximum absolute atomic E-state index is 10.9. The fourth-order valence-electron chi connectivity index (χ4n) is 3.21. The Morgan fingerprint density at radius 1 is 0.759 bits per heavy atom. The van der Waals surface area contributed by atoms with E-state index in [-0.39, 0.29) is 17.1 Å². The maximum atomic E-state index is 10.9. The van der Waals surface area contributed by atoms with E-state index in [1.165, 1.54) is 24.3 Å². The molecule has 1 heterocycles. The highest BCUT2D eigenvalue weighted by atomic mass is 16.6. The highest BCUT2D eigenvalue weighted by Crippen LogP contribution is 2.41. The maximum Gasteiger partial charge on any atom is 0.269 e. The molecule has 0 atom stereocenters. The van der Waals surface area contributed by atoms with Gasteiger partial charge in [0.05, 0.1) is 9.85 Å². The van der Waals surface area contributed by atoms with Crippen LogP contribution in [0.5, 0.6) is 5.75 Å². The smallest absolute Gasteiger partial charge is 0.269 e. The van der Waals surface area contributed by atoms with Crippen molar-refractivity contribution < 1.29 is 15.0 Å². The number of nitro groups is 2. The average Bonchev–Trinajstić information content (AvgIpc) is 2.74. The van der Waals surface area contributed by atoms with Gasteiger partial charge >= 0.3 is 0 Å². The topological polar surface area (TPSA) is 119 Å². The zero-order valence-corrected chi connectivity index (χ0v) is 14.9. The molecular formula is C21H13N3O5. The number of non-ortho nitro benzene ring substituents is 2. The lowest BCUT2D eigenvalue weighted by Crippen LogP contribution is -1.91. The van der Waals surface area contributed by atoms with E-state index >= 15 is 0 Å². The molecule has 0 unspecified atom stereocenters. The van der Waals surface area contributed by atoms with Crippen LogP contribution in [0.2, 0.25) is 0 Å². The zero-order chi connectivity index (χ0) is 20.5. The summed E-state index contributed by atoms with van der Waals surface area (Å²) in [5.41, 5.74) is 2.79. The number of nitro benzene ring substituents is 2. The molecule has 0 fully saturated rings. The molecule has 0 amide bonds. The Kier molecular flexibility index (Phi) is 4.36. The second kappa shape index (κ2) is 7.01. The van der Waals surface area contributed by atoms with Crippen LogP contribution in [0.4, 0.5) is 11.4 Å². The van der Waals surface area contributed by atoms with Gasteiger partial charge in [0.2, 0.25) is 0 Å². The molecule has 29 heavy (non-hydrogen) atoms. The Balaban J connectivity index is 1.93. The van der Waals surface area contributed by atoms with Crippen LogP contribution in [0.3, 0.4) is 0 Å². The quantitative estimate of drug-likeness (QED) is 0.385.